The summed E-state index contributed by atoms with van der Waals surface area (Å²) in [6.07, 6.45) is 2.73. The molecule has 0 saturated heterocycles. The average molecular weight is 235 g/mol. The first-order chi connectivity index (χ1) is 6.59. The van der Waals surface area contributed by atoms with Crippen LogP contribution in [0.3, 0.4) is 0 Å². The topological polar surface area (TPSA) is 12.9 Å². The third-order valence-corrected chi connectivity index (χ3v) is 2.07. The van der Waals surface area contributed by atoms with Gasteiger partial charge in [0.2, 0.25) is 0 Å². The molecule has 0 aliphatic carbocycles. The van der Waals surface area contributed by atoms with Gasteiger partial charge in [-0.2, -0.15) is 0 Å². The van der Waals surface area contributed by atoms with E-state index in [9.17, 15) is 12.9 Å². The second-order valence-corrected chi connectivity index (χ2v) is 3.02. The minimum Gasteiger partial charge on any atom is -0.445 e. The minimum atomic E-state index is -4.96. The predicted octanol–water partition coefficient (Wildman–Crippen LogP) is -0.707. The first kappa shape index (κ1) is 13.2. The molecule has 15 heavy (non-hydrogen) atoms. The first-order valence-corrected chi connectivity index (χ1v) is 4.11. The Labute approximate surface area is 128 Å². The Morgan fingerprint density at radius 3 is 2.47 bits per heavy atom. The number of aromatic nitrogens is 1. The van der Waals surface area contributed by atoms with Gasteiger partial charge in [-0.15, -0.1) is 0 Å². The van der Waals surface area contributed by atoms with Crippen molar-refractivity contribution in [1.29, 1.82) is 0 Å². The summed E-state index contributed by atoms with van der Waals surface area (Å²) in [4.78, 5) is 3.70. The van der Waals surface area contributed by atoms with Crippen LogP contribution in [0.4, 0.5) is 12.9 Å². The van der Waals surface area contributed by atoms with Gasteiger partial charge in [-0.1, -0.05) is 23.7 Å². The van der Waals surface area contributed by atoms with Crippen LogP contribution in [0.5, 0.6) is 0 Å². The van der Waals surface area contributed by atoms with Gasteiger partial charge < -0.3 is 12.9 Å². The molecule has 6 heteroatoms. The molecule has 0 fully saturated rings. The van der Waals surface area contributed by atoms with E-state index in [4.69, 9.17) is 0 Å². The fourth-order valence-corrected chi connectivity index (χ4v) is 1.42. The van der Waals surface area contributed by atoms with Crippen LogP contribution in [-0.2, 0) is 0 Å². The first-order valence-electron chi connectivity index (χ1n) is 4.11. The molecule has 0 aliphatic heterocycles. The van der Waals surface area contributed by atoms with Crippen molar-refractivity contribution in [2.24, 2.45) is 0 Å². The summed E-state index contributed by atoms with van der Waals surface area (Å²) < 4.78 is 37.7. The number of hydrogen-bond acceptors (Lipinski definition) is 1. The van der Waals surface area contributed by atoms with Gasteiger partial charge in [0.15, 0.2) is 0 Å². The summed E-state index contributed by atoms with van der Waals surface area (Å²) in [5.41, 5.74) is -0.574. The Morgan fingerprint density at radius 2 is 1.80 bits per heavy atom. The number of benzene rings is 1. The second kappa shape index (κ2) is 4.97. The quantitative estimate of drug-likeness (QED) is 0.595. The maximum absolute atomic E-state index is 12.6. The van der Waals surface area contributed by atoms with E-state index in [2.05, 4.69) is 4.98 Å². The molecule has 1 aromatic carbocycles. The normalized spacial score (nSPS) is 11.1. The van der Waals surface area contributed by atoms with E-state index in [0.717, 1.165) is 6.07 Å². The molecule has 0 N–H and O–H groups in total. The zero-order valence-electron chi connectivity index (χ0n) is 8.12. The maximum Gasteiger partial charge on any atom is 1.00 e. The molecule has 0 saturated carbocycles. The Balaban J connectivity index is 0.00000112. The van der Waals surface area contributed by atoms with Gasteiger partial charge in [-0.05, 0) is 16.8 Å². The van der Waals surface area contributed by atoms with Crippen LogP contribution < -0.4 is 56.8 Å². The number of fused-ring (bicyclic) bond motifs is 1. The van der Waals surface area contributed by atoms with Crippen molar-refractivity contribution in [3.63, 3.8) is 0 Å². The third-order valence-electron chi connectivity index (χ3n) is 2.07. The Kier molecular flexibility index (Phi) is 4.37. The van der Waals surface area contributed by atoms with Crippen molar-refractivity contribution in [1.82, 2.24) is 4.98 Å². The Hall–Kier alpha value is 0.121. The summed E-state index contributed by atoms with van der Waals surface area (Å²) in [5, 5.41) is 0.735. The number of pyridine rings is 1. The summed E-state index contributed by atoms with van der Waals surface area (Å²) in [5.74, 6) is 0. The molecule has 72 valence electrons. The van der Waals surface area contributed by atoms with E-state index in [0.29, 0.717) is 5.39 Å². The molecular formula is C9H6BF3KN. The van der Waals surface area contributed by atoms with Crippen LogP contribution in [-0.4, -0.2) is 12.0 Å². The summed E-state index contributed by atoms with van der Waals surface area (Å²) in [6.45, 7) is -4.96. The van der Waals surface area contributed by atoms with Gasteiger partial charge in [-0.25, -0.2) is 0 Å². The van der Waals surface area contributed by atoms with Gasteiger partial charge in [0.1, 0.15) is 0 Å². The molecule has 2 aromatic rings. The Bertz CT molecular complexity index is 467. The molecule has 2 rings (SSSR count). The molecule has 0 amide bonds. The molecular weight excluding hydrogens is 229 g/mol. The summed E-state index contributed by atoms with van der Waals surface area (Å²) in [6, 6.07) is 5.71. The van der Waals surface area contributed by atoms with Gasteiger partial charge in [0.05, 0.1) is 0 Å². The van der Waals surface area contributed by atoms with Crippen LogP contribution >= 0.6 is 0 Å². The Morgan fingerprint density at radius 1 is 1.07 bits per heavy atom. The van der Waals surface area contributed by atoms with Crippen molar-refractivity contribution >= 4 is 23.2 Å². The monoisotopic (exact) mass is 235 g/mol. The van der Waals surface area contributed by atoms with Gasteiger partial charge in [0.25, 0.3) is 0 Å². The molecule has 0 bridgehead atoms. The fourth-order valence-electron chi connectivity index (χ4n) is 1.42. The molecule has 1 nitrogen and oxygen atoms in total. The molecule has 1 aromatic heterocycles. The SMILES string of the molecule is F[B-](F)(F)c1cccc2ccncc12.[K+]. The molecule has 1 heterocycles. The summed E-state index contributed by atoms with van der Waals surface area (Å²) >= 11 is 0. The summed E-state index contributed by atoms with van der Waals surface area (Å²) in [7, 11) is 0. The number of rotatable bonds is 1. The van der Waals surface area contributed by atoms with Gasteiger partial charge in [-0.3, -0.25) is 4.98 Å². The van der Waals surface area contributed by atoms with Crippen molar-refractivity contribution in [3.05, 3.63) is 36.7 Å². The third kappa shape index (κ3) is 2.82. The van der Waals surface area contributed by atoms with Crippen molar-refractivity contribution in [3.8, 4) is 0 Å². The van der Waals surface area contributed by atoms with E-state index in [1.807, 2.05) is 0 Å². The van der Waals surface area contributed by atoms with Crippen molar-refractivity contribution < 1.29 is 64.3 Å². The smallest absolute Gasteiger partial charge is 0.445 e. The largest absolute Gasteiger partial charge is 1.00 e. The van der Waals surface area contributed by atoms with Crippen molar-refractivity contribution in [2.75, 3.05) is 0 Å². The molecule has 0 spiro atoms. The molecule has 0 unspecified atom stereocenters. The van der Waals surface area contributed by atoms with E-state index in [1.54, 1.807) is 12.1 Å². The van der Waals surface area contributed by atoms with Gasteiger partial charge >= 0.3 is 58.4 Å². The molecule has 0 radical (unpaired) electrons. The molecule has 0 atom stereocenters. The zero-order chi connectivity index (χ0) is 10.2. The zero-order valence-corrected chi connectivity index (χ0v) is 11.2. The minimum absolute atomic E-state index is 0. The van der Waals surface area contributed by atoms with Crippen LogP contribution in [0, 0.1) is 0 Å². The standard InChI is InChI=1S/C9H6BF3N.K/c11-10(12,13)9-3-1-2-7-4-5-14-6-8(7)9;/h1-6H;/q-1;+1. The van der Waals surface area contributed by atoms with E-state index >= 15 is 0 Å². The van der Waals surface area contributed by atoms with E-state index in [1.165, 1.54) is 18.5 Å². The average Bonchev–Trinajstić information content (AvgIpc) is 2.15. The second-order valence-electron chi connectivity index (χ2n) is 3.02. The van der Waals surface area contributed by atoms with Crippen LogP contribution in [0.1, 0.15) is 0 Å². The number of nitrogens with zero attached hydrogens (tertiary/aromatic N) is 1. The van der Waals surface area contributed by atoms with Crippen LogP contribution in [0.25, 0.3) is 10.8 Å². The van der Waals surface area contributed by atoms with Gasteiger partial charge in [0, 0.05) is 12.4 Å². The van der Waals surface area contributed by atoms with Crippen LogP contribution in [0.15, 0.2) is 36.7 Å². The van der Waals surface area contributed by atoms with Crippen molar-refractivity contribution in [2.45, 2.75) is 0 Å². The molecule has 0 aliphatic rings. The van der Waals surface area contributed by atoms with E-state index < -0.39 is 12.4 Å². The number of halogens is 3. The number of hydrogen-bond donors (Lipinski definition) is 0. The maximum atomic E-state index is 12.6. The fraction of sp³-hybridized carbons (Fsp3) is 0. The predicted molar refractivity (Wildman–Crippen MR) is 50.5 cm³/mol. The van der Waals surface area contributed by atoms with Crippen LogP contribution in [0.2, 0.25) is 0 Å². The van der Waals surface area contributed by atoms with E-state index in [-0.39, 0.29) is 56.8 Å².